The molecule has 20 heavy (non-hydrogen) atoms. The van der Waals surface area contributed by atoms with Gasteiger partial charge in [0, 0.05) is 0 Å². The lowest BCUT2D eigenvalue weighted by molar-refractivity contribution is -0.138. The summed E-state index contributed by atoms with van der Waals surface area (Å²) in [5.74, 6) is -0.468. The Labute approximate surface area is 122 Å². The molecule has 0 atom stereocenters. The molecule has 1 heterocycles. The Balaban J connectivity index is 2.17. The number of ether oxygens (including phenoxy) is 1. The summed E-state index contributed by atoms with van der Waals surface area (Å²) in [4.78, 5) is 11.5. The van der Waals surface area contributed by atoms with Crippen LogP contribution in [0, 0.1) is 0 Å². The summed E-state index contributed by atoms with van der Waals surface area (Å²) in [7, 11) is 0. The SMILES string of the molecule is CCOC(=O)/C(N)=C/c1cscc1Cc1ccccc1. The topological polar surface area (TPSA) is 52.3 Å². The highest BCUT2D eigenvalue weighted by Crippen LogP contribution is 2.21. The zero-order chi connectivity index (χ0) is 14.4. The summed E-state index contributed by atoms with van der Waals surface area (Å²) < 4.78 is 4.88. The van der Waals surface area contributed by atoms with Gasteiger partial charge in [0.05, 0.1) is 6.61 Å². The van der Waals surface area contributed by atoms with Gasteiger partial charge in [-0.15, -0.1) is 0 Å². The van der Waals surface area contributed by atoms with E-state index in [1.54, 1.807) is 24.3 Å². The van der Waals surface area contributed by atoms with E-state index in [1.165, 1.54) is 5.56 Å². The first-order valence-corrected chi connectivity index (χ1v) is 7.38. The van der Waals surface area contributed by atoms with Crippen LogP contribution < -0.4 is 5.73 Å². The lowest BCUT2D eigenvalue weighted by Crippen LogP contribution is -2.14. The van der Waals surface area contributed by atoms with Crippen LogP contribution in [0.15, 0.2) is 46.8 Å². The first-order valence-electron chi connectivity index (χ1n) is 6.44. The number of thiophene rings is 1. The fraction of sp³-hybridized carbons (Fsp3) is 0.188. The molecule has 2 aromatic rings. The van der Waals surface area contributed by atoms with E-state index in [-0.39, 0.29) is 5.70 Å². The standard InChI is InChI=1S/C16H17NO2S/c1-2-19-16(18)15(17)9-14-11-20-10-13(14)8-12-6-4-3-5-7-12/h3-7,9-11H,2,8,17H2,1H3/b15-9-. The van der Waals surface area contributed by atoms with Gasteiger partial charge < -0.3 is 10.5 Å². The molecule has 1 aromatic carbocycles. The van der Waals surface area contributed by atoms with Gasteiger partial charge in [0.15, 0.2) is 0 Å². The lowest BCUT2D eigenvalue weighted by Gasteiger charge is -2.03. The first-order chi connectivity index (χ1) is 9.70. The van der Waals surface area contributed by atoms with Crippen molar-refractivity contribution in [3.8, 4) is 0 Å². The van der Waals surface area contributed by atoms with Crippen molar-refractivity contribution in [3.63, 3.8) is 0 Å². The molecule has 104 valence electrons. The summed E-state index contributed by atoms with van der Waals surface area (Å²) in [5, 5.41) is 4.07. The minimum absolute atomic E-state index is 0.138. The Morgan fingerprint density at radius 2 is 2.05 bits per heavy atom. The minimum atomic E-state index is -0.468. The normalized spacial score (nSPS) is 11.3. The van der Waals surface area contributed by atoms with Crippen molar-refractivity contribution in [2.24, 2.45) is 5.73 Å². The van der Waals surface area contributed by atoms with Crippen LogP contribution in [-0.2, 0) is 16.0 Å². The van der Waals surface area contributed by atoms with Gasteiger partial charge in [0.2, 0.25) is 0 Å². The van der Waals surface area contributed by atoms with Crippen LogP contribution in [0.1, 0.15) is 23.6 Å². The zero-order valence-electron chi connectivity index (χ0n) is 11.3. The van der Waals surface area contributed by atoms with Crippen LogP contribution in [-0.4, -0.2) is 12.6 Å². The number of hydrogen-bond acceptors (Lipinski definition) is 4. The fourth-order valence-corrected chi connectivity index (χ4v) is 2.68. The van der Waals surface area contributed by atoms with Gasteiger partial charge in [-0.05, 0) is 46.9 Å². The smallest absolute Gasteiger partial charge is 0.354 e. The average molecular weight is 287 g/mol. The summed E-state index contributed by atoms with van der Waals surface area (Å²) in [5.41, 5.74) is 9.26. The number of carbonyl (C=O) groups is 1. The summed E-state index contributed by atoms with van der Waals surface area (Å²) in [6.07, 6.45) is 2.51. The molecule has 0 amide bonds. The second kappa shape index (κ2) is 6.91. The molecule has 0 aliphatic rings. The van der Waals surface area contributed by atoms with Gasteiger partial charge >= 0.3 is 5.97 Å². The molecule has 0 saturated heterocycles. The molecule has 1 aromatic heterocycles. The maximum absolute atomic E-state index is 11.5. The number of benzene rings is 1. The van der Waals surface area contributed by atoms with Crippen LogP contribution in [0.3, 0.4) is 0 Å². The third-order valence-corrected chi connectivity index (χ3v) is 3.65. The Bertz CT molecular complexity index is 602. The number of nitrogens with two attached hydrogens (primary N) is 1. The van der Waals surface area contributed by atoms with Gasteiger partial charge in [-0.3, -0.25) is 0 Å². The minimum Gasteiger partial charge on any atom is -0.461 e. The monoisotopic (exact) mass is 287 g/mol. The second-order valence-electron chi connectivity index (χ2n) is 4.33. The van der Waals surface area contributed by atoms with Gasteiger partial charge in [-0.1, -0.05) is 30.3 Å². The van der Waals surface area contributed by atoms with Gasteiger partial charge in [0.25, 0.3) is 0 Å². The lowest BCUT2D eigenvalue weighted by atomic mass is 10.0. The molecule has 2 rings (SSSR count). The van der Waals surface area contributed by atoms with Crippen molar-refractivity contribution in [2.75, 3.05) is 6.61 Å². The molecule has 0 bridgehead atoms. The highest BCUT2D eigenvalue weighted by Gasteiger charge is 2.08. The van der Waals surface area contributed by atoms with E-state index < -0.39 is 5.97 Å². The van der Waals surface area contributed by atoms with E-state index >= 15 is 0 Å². The Morgan fingerprint density at radius 1 is 1.30 bits per heavy atom. The van der Waals surface area contributed by atoms with Crippen molar-refractivity contribution in [1.29, 1.82) is 0 Å². The Hall–Kier alpha value is -2.07. The molecule has 0 radical (unpaired) electrons. The fourth-order valence-electron chi connectivity index (χ4n) is 1.86. The van der Waals surface area contributed by atoms with E-state index in [0.29, 0.717) is 6.61 Å². The predicted octanol–water partition coefficient (Wildman–Crippen LogP) is 3.20. The van der Waals surface area contributed by atoms with E-state index in [2.05, 4.69) is 17.5 Å². The molecule has 0 spiro atoms. The third-order valence-electron chi connectivity index (χ3n) is 2.84. The molecular weight excluding hydrogens is 270 g/mol. The number of rotatable bonds is 5. The van der Waals surface area contributed by atoms with Crippen LogP contribution in [0.5, 0.6) is 0 Å². The number of esters is 1. The molecule has 2 N–H and O–H groups in total. The van der Waals surface area contributed by atoms with Crippen molar-refractivity contribution >= 4 is 23.4 Å². The van der Waals surface area contributed by atoms with E-state index in [0.717, 1.165) is 17.5 Å². The summed E-state index contributed by atoms with van der Waals surface area (Å²) in [6.45, 7) is 2.09. The third kappa shape index (κ3) is 3.71. The highest BCUT2D eigenvalue weighted by molar-refractivity contribution is 7.08. The maximum atomic E-state index is 11.5. The number of carbonyl (C=O) groups excluding carboxylic acids is 1. The molecule has 0 fully saturated rings. The van der Waals surface area contributed by atoms with E-state index in [4.69, 9.17) is 10.5 Å². The maximum Gasteiger partial charge on any atom is 0.354 e. The summed E-state index contributed by atoms with van der Waals surface area (Å²) >= 11 is 1.60. The highest BCUT2D eigenvalue weighted by atomic mass is 32.1. The molecule has 0 aliphatic heterocycles. The van der Waals surface area contributed by atoms with Crippen molar-refractivity contribution in [3.05, 3.63) is 63.5 Å². The molecular formula is C16H17NO2S. The van der Waals surface area contributed by atoms with Crippen LogP contribution in [0.2, 0.25) is 0 Å². The van der Waals surface area contributed by atoms with Gasteiger partial charge in [-0.25, -0.2) is 4.79 Å². The van der Waals surface area contributed by atoms with Crippen molar-refractivity contribution in [2.45, 2.75) is 13.3 Å². The molecule has 3 nitrogen and oxygen atoms in total. The first kappa shape index (κ1) is 14.3. The van der Waals surface area contributed by atoms with Crippen molar-refractivity contribution in [1.82, 2.24) is 0 Å². The molecule has 0 aliphatic carbocycles. The van der Waals surface area contributed by atoms with Crippen LogP contribution in [0.4, 0.5) is 0 Å². The molecule has 0 saturated carbocycles. The van der Waals surface area contributed by atoms with E-state index in [9.17, 15) is 4.79 Å². The average Bonchev–Trinajstić information content (AvgIpc) is 2.87. The second-order valence-corrected chi connectivity index (χ2v) is 5.08. The summed E-state index contributed by atoms with van der Waals surface area (Å²) in [6, 6.07) is 10.2. The zero-order valence-corrected chi connectivity index (χ0v) is 12.2. The molecule has 0 unspecified atom stereocenters. The Kier molecular flexibility index (Phi) is 4.96. The van der Waals surface area contributed by atoms with Gasteiger partial charge in [0.1, 0.15) is 5.70 Å². The van der Waals surface area contributed by atoms with Crippen molar-refractivity contribution < 1.29 is 9.53 Å². The predicted molar refractivity (Wildman–Crippen MR) is 82.4 cm³/mol. The Morgan fingerprint density at radius 3 is 2.75 bits per heavy atom. The van der Waals surface area contributed by atoms with Gasteiger partial charge in [-0.2, -0.15) is 11.3 Å². The van der Waals surface area contributed by atoms with Crippen LogP contribution >= 0.6 is 11.3 Å². The quantitative estimate of drug-likeness (QED) is 0.678. The van der Waals surface area contributed by atoms with Crippen LogP contribution in [0.25, 0.3) is 6.08 Å². The number of hydrogen-bond donors (Lipinski definition) is 1. The molecule has 4 heteroatoms. The largest absolute Gasteiger partial charge is 0.461 e. The van der Waals surface area contributed by atoms with E-state index in [1.807, 2.05) is 23.6 Å².